The molecule has 0 aliphatic heterocycles. The van der Waals surface area contributed by atoms with Gasteiger partial charge in [0.15, 0.2) is 5.85 Å². The molecule has 8 nitrogen and oxygen atoms in total. The standard InChI is InChI=1S/C14H14NO7P/c1-9-2-5-11(6-3-9)22-13-7-4-10(15(17)18)8-12(13)14(16)23(19,20)21/h2-8,14,16H,1H3,(H2,19,20,21). The maximum Gasteiger partial charge on any atom is 0.358 e. The minimum absolute atomic E-state index is 0.0738. The van der Waals surface area contributed by atoms with E-state index in [1.54, 1.807) is 24.3 Å². The first-order valence-corrected chi connectivity index (χ1v) is 8.13. The predicted octanol–water partition coefficient (Wildman–Crippen LogP) is 2.86. The molecule has 0 aromatic heterocycles. The van der Waals surface area contributed by atoms with Gasteiger partial charge in [-0.3, -0.25) is 14.7 Å². The van der Waals surface area contributed by atoms with E-state index in [1.165, 1.54) is 6.07 Å². The Morgan fingerprint density at radius 2 is 1.78 bits per heavy atom. The fraction of sp³-hybridized carbons (Fsp3) is 0.143. The Bertz CT molecular complexity index is 769. The Labute approximate surface area is 131 Å². The second-order valence-electron chi connectivity index (χ2n) is 4.86. The maximum atomic E-state index is 11.3. The molecule has 0 radical (unpaired) electrons. The zero-order valence-corrected chi connectivity index (χ0v) is 12.9. The van der Waals surface area contributed by atoms with Gasteiger partial charge >= 0.3 is 7.60 Å². The largest absolute Gasteiger partial charge is 0.457 e. The SMILES string of the molecule is Cc1ccc(Oc2ccc([N+](=O)[O-])cc2C(O)P(=O)(O)O)cc1. The molecule has 0 aliphatic carbocycles. The lowest BCUT2D eigenvalue weighted by molar-refractivity contribution is -0.385. The Kier molecular flexibility index (Phi) is 4.82. The van der Waals surface area contributed by atoms with Crippen LogP contribution in [0.3, 0.4) is 0 Å². The fourth-order valence-corrected chi connectivity index (χ4v) is 2.42. The summed E-state index contributed by atoms with van der Waals surface area (Å²) in [4.78, 5) is 28.4. The number of hydrogen-bond donors (Lipinski definition) is 3. The molecule has 0 heterocycles. The summed E-state index contributed by atoms with van der Waals surface area (Å²) >= 11 is 0. The van der Waals surface area contributed by atoms with Crippen molar-refractivity contribution in [2.75, 3.05) is 0 Å². The third-order valence-electron chi connectivity index (χ3n) is 3.05. The van der Waals surface area contributed by atoms with Crippen molar-refractivity contribution in [3.05, 3.63) is 63.7 Å². The van der Waals surface area contributed by atoms with Crippen molar-refractivity contribution < 1.29 is 29.1 Å². The quantitative estimate of drug-likeness (QED) is 0.434. The molecule has 2 rings (SSSR count). The van der Waals surface area contributed by atoms with E-state index >= 15 is 0 Å². The van der Waals surface area contributed by atoms with Gasteiger partial charge < -0.3 is 19.6 Å². The van der Waals surface area contributed by atoms with Crippen LogP contribution in [-0.4, -0.2) is 19.8 Å². The zero-order chi connectivity index (χ0) is 17.2. The minimum Gasteiger partial charge on any atom is -0.457 e. The van der Waals surface area contributed by atoms with Gasteiger partial charge in [-0.1, -0.05) is 17.7 Å². The van der Waals surface area contributed by atoms with Gasteiger partial charge in [-0.25, -0.2) is 0 Å². The van der Waals surface area contributed by atoms with Crippen molar-refractivity contribution in [2.24, 2.45) is 0 Å². The van der Waals surface area contributed by atoms with Crippen LogP contribution in [0.2, 0.25) is 0 Å². The van der Waals surface area contributed by atoms with Crippen LogP contribution in [0, 0.1) is 17.0 Å². The van der Waals surface area contributed by atoms with Crippen molar-refractivity contribution >= 4 is 13.3 Å². The molecule has 0 spiro atoms. The monoisotopic (exact) mass is 339 g/mol. The highest BCUT2D eigenvalue weighted by molar-refractivity contribution is 7.51. The average molecular weight is 339 g/mol. The van der Waals surface area contributed by atoms with Crippen molar-refractivity contribution in [3.63, 3.8) is 0 Å². The Morgan fingerprint density at radius 1 is 1.17 bits per heavy atom. The van der Waals surface area contributed by atoms with Crippen LogP contribution in [0.4, 0.5) is 5.69 Å². The number of benzene rings is 2. The predicted molar refractivity (Wildman–Crippen MR) is 81.4 cm³/mol. The molecule has 3 N–H and O–H groups in total. The number of nitro benzene ring substituents is 1. The van der Waals surface area contributed by atoms with E-state index in [2.05, 4.69) is 0 Å². The molecular formula is C14H14NO7P. The smallest absolute Gasteiger partial charge is 0.358 e. The van der Waals surface area contributed by atoms with Gasteiger partial charge in [0.05, 0.1) is 4.92 Å². The van der Waals surface area contributed by atoms with Crippen LogP contribution in [0.5, 0.6) is 11.5 Å². The first-order valence-electron chi connectivity index (χ1n) is 6.44. The van der Waals surface area contributed by atoms with Gasteiger partial charge in [-0.15, -0.1) is 0 Å². The van der Waals surface area contributed by atoms with Crippen LogP contribution in [-0.2, 0) is 4.57 Å². The maximum absolute atomic E-state index is 11.3. The summed E-state index contributed by atoms with van der Waals surface area (Å²) in [7, 11) is -4.92. The highest BCUT2D eigenvalue weighted by Gasteiger charge is 2.32. The molecule has 2 aromatic carbocycles. The Balaban J connectivity index is 2.47. The van der Waals surface area contributed by atoms with E-state index < -0.39 is 24.1 Å². The number of rotatable bonds is 5. The summed E-state index contributed by atoms with van der Waals surface area (Å²) < 4.78 is 16.8. The second kappa shape index (κ2) is 6.47. The van der Waals surface area contributed by atoms with Crippen molar-refractivity contribution in [3.8, 4) is 11.5 Å². The van der Waals surface area contributed by atoms with E-state index in [-0.39, 0.29) is 11.3 Å². The van der Waals surface area contributed by atoms with Crippen molar-refractivity contribution in [2.45, 2.75) is 12.8 Å². The second-order valence-corrected chi connectivity index (χ2v) is 6.52. The Hall–Kier alpha value is -2.25. The summed E-state index contributed by atoms with van der Waals surface area (Å²) in [5.74, 6) is -1.93. The highest BCUT2D eigenvalue weighted by Crippen LogP contribution is 2.52. The van der Waals surface area contributed by atoms with Gasteiger partial charge in [-0.2, -0.15) is 0 Å². The molecule has 9 heteroatoms. The molecule has 0 aliphatic rings. The first kappa shape index (κ1) is 17.1. The molecule has 1 unspecified atom stereocenters. The third kappa shape index (κ3) is 4.14. The molecule has 0 saturated carbocycles. The molecule has 0 bridgehead atoms. The first-order chi connectivity index (χ1) is 10.7. The van der Waals surface area contributed by atoms with Gasteiger partial charge in [-0.05, 0) is 25.1 Å². The summed E-state index contributed by atoms with van der Waals surface area (Å²) in [5.41, 5.74) is 0.216. The summed E-state index contributed by atoms with van der Waals surface area (Å²) in [6.45, 7) is 1.87. The number of aliphatic hydroxyl groups is 1. The van der Waals surface area contributed by atoms with Crippen LogP contribution in [0.25, 0.3) is 0 Å². The lowest BCUT2D eigenvalue weighted by Gasteiger charge is -2.17. The van der Waals surface area contributed by atoms with Crippen molar-refractivity contribution in [1.29, 1.82) is 0 Å². The van der Waals surface area contributed by atoms with Gasteiger partial charge in [0.2, 0.25) is 0 Å². The number of nitro groups is 1. The lowest BCUT2D eigenvalue weighted by atomic mass is 10.2. The zero-order valence-electron chi connectivity index (χ0n) is 12.0. The van der Waals surface area contributed by atoms with E-state index in [0.29, 0.717) is 5.75 Å². The van der Waals surface area contributed by atoms with Crippen LogP contribution in [0.1, 0.15) is 17.0 Å². The molecule has 122 valence electrons. The number of hydrogen-bond acceptors (Lipinski definition) is 5. The molecule has 0 saturated heterocycles. The highest BCUT2D eigenvalue weighted by atomic mass is 31.2. The molecule has 1 atom stereocenters. The Morgan fingerprint density at radius 3 is 2.30 bits per heavy atom. The fourth-order valence-electron chi connectivity index (χ4n) is 1.86. The molecule has 2 aromatic rings. The van der Waals surface area contributed by atoms with Gasteiger partial charge in [0.1, 0.15) is 11.5 Å². The van der Waals surface area contributed by atoms with E-state index in [4.69, 9.17) is 14.5 Å². The van der Waals surface area contributed by atoms with Gasteiger partial charge in [0.25, 0.3) is 5.69 Å². The number of aliphatic hydroxyl groups excluding tert-OH is 1. The summed E-state index contributed by atoms with van der Waals surface area (Å²) in [5, 5.41) is 20.6. The summed E-state index contributed by atoms with van der Waals surface area (Å²) in [6.07, 6.45) is 0. The average Bonchev–Trinajstić information content (AvgIpc) is 2.48. The molecule has 0 amide bonds. The number of nitrogens with zero attached hydrogens (tertiary/aromatic N) is 1. The lowest BCUT2D eigenvalue weighted by Crippen LogP contribution is -2.02. The number of aryl methyl sites for hydroxylation is 1. The van der Waals surface area contributed by atoms with E-state index in [0.717, 1.165) is 17.7 Å². The molecule has 23 heavy (non-hydrogen) atoms. The third-order valence-corrected chi connectivity index (χ3v) is 3.97. The van der Waals surface area contributed by atoms with Crippen LogP contribution >= 0.6 is 7.60 Å². The molecule has 0 fully saturated rings. The minimum atomic E-state index is -4.92. The van der Waals surface area contributed by atoms with Crippen LogP contribution < -0.4 is 4.74 Å². The summed E-state index contributed by atoms with van der Waals surface area (Å²) in [6, 6.07) is 9.98. The molecular weight excluding hydrogens is 325 g/mol. The van der Waals surface area contributed by atoms with Crippen LogP contribution in [0.15, 0.2) is 42.5 Å². The van der Waals surface area contributed by atoms with E-state index in [9.17, 15) is 19.8 Å². The topological polar surface area (TPSA) is 130 Å². The van der Waals surface area contributed by atoms with Gasteiger partial charge in [0, 0.05) is 17.7 Å². The van der Waals surface area contributed by atoms with Crippen molar-refractivity contribution in [1.82, 2.24) is 0 Å². The normalized spacial score (nSPS) is 12.7. The van der Waals surface area contributed by atoms with E-state index in [1.807, 2.05) is 6.92 Å². The number of non-ortho nitro benzene ring substituents is 1. The number of ether oxygens (including phenoxy) is 1.